The van der Waals surface area contributed by atoms with Crippen molar-refractivity contribution in [3.8, 4) is 5.75 Å². The highest BCUT2D eigenvalue weighted by molar-refractivity contribution is 6.00. The van der Waals surface area contributed by atoms with E-state index < -0.39 is 0 Å². The van der Waals surface area contributed by atoms with Crippen LogP contribution in [0.4, 0.5) is 5.69 Å². The molecule has 1 atom stereocenters. The zero-order chi connectivity index (χ0) is 15.0. The zero-order valence-electron chi connectivity index (χ0n) is 12.4. The number of carbonyl (C=O) groups excluding carboxylic acids is 1. The third kappa shape index (κ3) is 4.83. The first kappa shape index (κ1) is 16.5. The zero-order valence-corrected chi connectivity index (χ0v) is 12.4. The quantitative estimate of drug-likeness (QED) is 0.410. The number of carbonyl (C=O) groups is 1. The molecule has 5 heteroatoms. The van der Waals surface area contributed by atoms with E-state index in [1.165, 1.54) is 0 Å². The van der Waals surface area contributed by atoms with E-state index in [1.54, 1.807) is 25.3 Å². The fraction of sp³-hybridized carbons (Fsp3) is 0.533. The summed E-state index contributed by atoms with van der Waals surface area (Å²) in [5.41, 5.74) is 6.88. The Morgan fingerprint density at radius 2 is 2.20 bits per heavy atom. The molecular weight excluding hydrogens is 256 g/mol. The summed E-state index contributed by atoms with van der Waals surface area (Å²) in [6.07, 6.45) is 0.885. The number of nitrogens with two attached hydrogens (primary N) is 1. The van der Waals surface area contributed by atoms with Gasteiger partial charge < -0.3 is 20.5 Å². The minimum Gasteiger partial charge on any atom is -0.495 e. The molecule has 0 fully saturated rings. The van der Waals surface area contributed by atoms with E-state index in [1.807, 2.05) is 13.8 Å². The second-order valence-corrected chi connectivity index (χ2v) is 4.55. The van der Waals surface area contributed by atoms with Crippen molar-refractivity contribution in [1.29, 1.82) is 0 Å². The van der Waals surface area contributed by atoms with Gasteiger partial charge in [-0.15, -0.1) is 0 Å². The molecule has 0 amide bonds. The minimum atomic E-state index is -0.246. The second-order valence-electron chi connectivity index (χ2n) is 4.55. The molecule has 0 aliphatic heterocycles. The Labute approximate surface area is 120 Å². The minimum absolute atomic E-state index is 0.0239. The number of methoxy groups -OCH3 is 1. The van der Waals surface area contributed by atoms with E-state index in [2.05, 4.69) is 5.32 Å². The number of ketones is 1. The van der Waals surface area contributed by atoms with Crippen LogP contribution in [-0.4, -0.2) is 38.7 Å². The average molecular weight is 280 g/mol. The van der Waals surface area contributed by atoms with Gasteiger partial charge in [-0.25, -0.2) is 0 Å². The number of Topliss-reactive ketones (excluding diaryl/α,β-unsaturated/α-hetero) is 1. The summed E-state index contributed by atoms with van der Waals surface area (Å²) in [7, 11) is 1.55. The summed E-state index contributed by atoms with van der Waals surface area (Å²) in [6, 6.07) is 4.85. The first-order valence-corrected chi connectivity index (χ1v) is 6.89. The average Bonchev–Trinajstić information content (AvgIpc) is 2.46. The second kappa shape index (κ2) is 8.55. The lowest BCUT2D eigenvalue weighted by atomic mass is 10.0. The predicted molar refractivity (Wildman–Crippen MR) is 80.3 cm³/mol. The monoisotopic (exact) mass is 280 g/mol. The molecule has 0 bridgehead atoms. The third-order valence-electron chi connectivity index (χ3n) is 3.03. The maximum Gasteiger partial charge on any atom is 0.179 e. The molecule has 1 aromatic rings. The standard InChI is InChI=1S/C15H24N2O3/c1-4-20-9-5-8-17-11(2)15(18)12-6-7-14(19-3)13(16)10-12/h6-7,10-11,17H,4-5,8-9,16H2,1-3H3. The van der Waals surface area contributed by atoms with Gasteiger partial charge in [0.25, 0.3) is 0 Å². The van der Waals surface area contributed by atoms with Crippen molar-refractivity contribution in [3.63, 3.8) is 0 Å². The summed E-state index contributed by atoms with van der Waals surface area (Å²) in [5, 5.41) is 3.19. The smallest absolute Gasteiger partial charge is 0.179 e. The molecule has 1 aromatic carbocycles. The highest BCUT2D eigenvalue weighted by Crippen LogP contribution is 2.22. The Hall–Kier alpha value is -1.59. The highest BCUT2D eigenvalue weighted by Gasteiger charge is 2.15. The molecule has 0 aliphatic rings. The SMILES string of the molecule is CCOCCCNC(C)C(=O)c1ccc(OC)c(N)c1. The lowest BCUT2D eigenvalue weighted by molar-refractivity contribution is 0.0946. The summed E-state index contributed by atoms with van der Waals surface area (Å²) in [4.78, 5) is 12.2. The van der Waals surface area contributed by atoms with Crippen molar-refractivity contribution in [1.82, 2.24) is 5.32 Å². The molecule has 0 heterocycles. The first-order chi connectivity index (χ1) is 9.60. The van der Waals surface area contributed by atoms with E-state index >= 15 is 0 Å². The van der Waals surface area contributed by atoms with Crippen LogP contribution in [0.3, 0.4) is 0 Å². The summed E-state index contributed by atoms with van der Waals surface area (Å²) < 4.78 is 10.3. The van der Waals surface area contributed by atoms with Crippen LogP contribution in [0.15, 0.2) is 18.2 Å². The summed E-state index contributed by atoms with van der Waals surface area (Å²) in [5.74, 6) is 0.606. The van der Waals surface area contributed by atoms with Gasteiger partial charge in [0.2, 0.25) is 0 Å². The van der Waals surface area contributed by atoms with E-state index in [0.717, 1.165) is 19.6 Å². The van der Waals surface area contributed by atoms with Crippen LogP contribution in [0.1, 0.15) is 30.6 Å². The molecule has 20 heavy (non-hydrogen) atoms. The van der Waals surface area contributed by atoms with Gasteiger partial charge in [0.15, 0.2) is 5.78 Å². The molecule has 112 valence electrons. The van der Waals surface area contributed by atoms with Crippen LogP contribution in [0.2, 0.25) is 0 Å². The van der Waals surface area contributed by atoms with Crippen molar-refractivity contribution >= 4 is 11.5 Å². The van der Waals surface area contributed by atoms with Crippen LogP contribution in [0.25, 0.3) is 0 Å². The number of hydrogen-bond donors (Lipinski definition) is 2. The number of rotatable bonds is 9. The molecule has 0 radical (unpaired) electrons. The topological polar surface area (TPSA) is 73.6 Å². The van der Waals surface area contributed by atoms with Gasteiger partial charge in [0.1, 0.15) is 5.75 Å². The normalized spacial score (nSPS) is 12.2. The van der Waals surface area contributed by atoms with E-state index in [9.17, 15) is 4.79 Å². The molecule has 0 saturated carbocycles. The maximum absolute atomic E-state index is 12.2. The van der Waals surface area contributed by atoms with Crippen LogP contribution in [0.5, 0.6) is 5.75 Å². The lowest BCUT2D eigenvalue weighted by Crippen LogP contribution is -2.35. The van der Waals surface area contributed by atoms with Crippen LogP contribution in [-0.2, 0) is 4.74 Å². The van der Waals surface area contributed by atoms with Gasteiger partial charge in [-0.2, -0.15) is 0 Å². The molecular formula is C15H24N2O3. The molecule has 0 saturated heterocycles. The van der Waals surface area contributed by atoms with Crippen molar-refractivity contribution < 1.29 is 14.3 Å². The maximum atomic E-state index is 12.2. The van der Waals surface area contributed by atoms with Crippen LogP contribution < -0.4 is 15.8 Å². The predicted octanol–water partition coefficient (Wildman–Crippen LogP) is 1.86. The van der Waals surface area contributed by atoms with Crippen molar-refractivity contribution in [2.45, 2.75) is 26.3 Å². The molecule has 0 aliphatic carbocycles. The van der Waals surface area contributed by atoms with Crippen molar-refractivity contribution in [2.24, 2.45) is 0 Å². The van der Waals surface area contributed by atoms with Crippen molar-refractivity contribution in [2.75, 3.05) is 32.6 Å². The van der Waals surface area contributed by atoms with Crippen LogP contribution >= 0.6 is 0 Å². The summed E-state index contributed by atoms with van der Waals surface area (Å²) >= 11 is 0. The fourth-order valence-electron chi connectivity index (χ4n) is 1.87. The van der Waals surface area contributed by atoms with E-state index in [-0.39, 0.29) is 11.8 Å². The molecule has 5 nitrogen and oxygen atoms in total. The highest BCUT2D eigenvalue weighted by atomic mass is 16.5. The Morgan fingerprint density at radius 3 is 2.80 bits per heavy atom. The van der Waals surface area contributed by atoms with Crippen LogP contribution in [0, 0.1) is 0 Å². The van der Waals surface area contributed by atoms with Gasteiger partial charge in [-0.1, -0.05) is 0 Å². The lowest BCUT2D eigenvalue weighted by Gasteiger charge is -2.14. The Balaban J connectivity index is 2.50. The number of nitrogen functional groups attached to an aromatic ring is 1. The van der Waals surface area contributed by atoms with E-state index in [0.29, 0.717) is 23.6 Å². The summed E-state index contributed by atoms with van der Waals surface area (Å²) in [6.45, 7) is 6.00. The van der Waals surface area contributed by atoms with Gasteiger partial charge >= 0.3 is 0 Å². The van der Waals surface area contributed by atoms with E-state index in [4.69, 9.17) is 15.2 Å². The third-order valence-corrected chi connectivity index (χ3v) is 3.03. The Morgan fingerprint density at radius 1 is 1.45 bits per heavy atom. The van der Waals surface area contributed by atoms with Crippen molar-refractivity contribution in [3.05, 3.63) is 23.8 Å². The molecule has 3 N–H and O–H groups in total. The van der Waals surface area contributed by atoms with Gasteiger partial charge in [0, 0.05) is 18.8 Å². The number of nitrogens with one attached hydrogen (secondary N) is 1. The van der Waals surface area contributed by atoms with Gasteiger partial charge in [-0.3, -0.25) is 4.79 Å². The number of ether oxygens (including phenoxy) is 2. The number of hydrogen-bond acceptors (Lipinski definition) is 5. The molecule has 1 rings (SSSR count). The Kier molecular flexibility index (Phi) is 7.04. The van der Waals surface area contributed by atoms with Gasteiger partial charge in [0.05, 0.1) is 18.8 Å². The first-order valence-electron chi connectivity index (χ1n) is 6.89. The Bertz CT molecular complexity index is 435. The number of benzene rings is 1. The largest absolute Gasteiger partial charge is 0.495 e. The van der Waals surface area contributed by atoms with Gasteiger partial charge in [-0.05, 0) is 45.0 Å². The molecule has 0 spiro atoms. The fourth-order valence-corrected chi connectivity index (χ4v) is 1.87. The molecule has 0 aromatic heterocycles. The molecule has 1 unspecified atom stereocenters. The number of anilines is 1.